The Labute approximate surface area is 95.9 Å². The maximum atomic E-state index is 5.54. The first kappa shape index (κ1) is 11.2. The molecular formula is C12H19N3O. The largest absolute Gasteiger partial charge is 0.469 e. The van der Waals surface area contributed by atoms with Crippen LogP contribution in [-0.4, -0.2) is 11.9 Å². The van der Waals surface area contributed by atoms with E-state index in [1.807, 2.05) is 6.07 Å². The molecule has 0 amide bonds. The molecule has 4 nitrogen and oxygen atoms in total. The second kappa shape index (κ2) is 5.16. The van der Waals surface area contributed by atoms with E-state index in [0.29, 0.717) is 6.04 Å². The van der Waals surface area contributed by atoms with Gasteiger partial charge in [-0.1, -0.05) is 19.8 Å². The number of aryl methyl sites for hydroxylation is 1. The van der Waals surface area contributed by atoms with Gasteiger partial charge in [-0.05, 0) is 18.9 Å². The second-order valence-corrected chi connectivity index (χ2v) is 4.17. The van der Waals surface area contributed by atoms with Crippen LogP contribution in [0.4, 0.5) is 0 Å². The number of hydrazine groups is 1. The smallest absolute Gasteiger partial charge is 0.146 e. The number of hydrogen-bond acceptors (Lipinski definition) is 3. The Hall–Kier alpha value is -1.29. The average Bonchev–Trinajstić information content (AvgIpc) is 2.96. The van der Waals surface area contributed by atoms with Crippen molar-refractivity contribution in [2.45, 2.75) is 45.1 Å². The van der Waals surface area contributed by atoms with Crippen LogP contribution in [-0.2, 0) is 6.42 Å². The van der Waals surface area contributed by atoms with E-state index in [9.17, 15) is 0 Å². The summed E-state index contributed by atoms with van der Waals surface area (Å²) in [5, 5.41) is 0. The summed E-state index contributed by atoms with van der Waals surface area (Å²) in [6, 6.07) is 2.34. The third-order valence-corrected chi connectivity index (χ3v) is 3.09. The van der Waals surface area contributed by atoms with Crippen molar-refractivity contribution >= 4 is 5.84 Å². The number of aliphatic imine (C=N–C) groups is 1. The second-order valence-electron chi connectivity index (χ2n) is 4.17. The molecule has 0 unspecified atom stereocenters. The molecule has 1 aliphatic carbocycles. The molecule has 0 radical (unpaired) electrons. The third-order valence-electron chi connectivity index (χ3n) is 3.09. The molecule has 1 fully saturated rings. The monoisotopic (exact) mass is 221 g/mol. The zero-order valence-electron chi connectivity index (χ0n) is 9.70. The predicted molar refractivity (Wildman–Crippen MR) is 64.2 cm³/mol. The van der Waals surface area contributed by atoms with Gasteiger partial charge in [-0.2, -0.15) is 0 Å². The third kappa shape index (κ3) is 2.27. The minimum absolute atomic E-state index is 0.422. The Morgan fingerprint density at radius 2 is 2.31 bits per heavy atom. The van der Waals surface area contributed by atoms with Crippen LogP contribution >= 0.6 is 0 Å². The van der Waals surface area contributed by atoms with Gasteiger partial charge in [0.25, 0.3) is 0 Å². The zero-order chi connectivity index (χ0) is 11.4. The van der Waals surface area contributed by atoms with E-state index in [2.05, 4.69) is 17.3 Å². The summed E-state index contributed by atoms with van der Waals surface area (Å²) in [6.45, 7) is 2.06. The number of nitrogens with one attached hydrogen (secondary N) is 1. The molecule has 1 saturated carbocycles. The van der Waals surface area contributed by atoms with Gasteiger partial charge in [0.15, 0.2) is 0 Å². The number of furan rings is 1. The highest BCUT2D eigenvalue weighted by Crippen LogP contribution is 2.22. The van der Waals surface area contributed by atoms with Crippen molar-refractivity contribution in [1.82, 2.24) is 5.43 Å². The number of rotatable bonds is 3. The van der Waals surface area contributed by atoms with Crippen molar-refractivity contribution in [1.29, 1.82) is 0 Å². The van der Waals surface area contributed by atoms with Crippen molar-refractivity contribution in [2.24, 2.45) is 10.8 Å². The van der Waals surface area contributed by atoms with Crippen LogP contribution in [0.3, 0.4) is 0 Å². The van der Waals surface area contributed by atoms with Gasteiger partial charge in [0, 0.05) is 6.42 Å². The summed E-state index contributed by atoms with van der Waals surface area (Å²) in [7, 11) is 0. The molecule has 88 valence electrons. The van der Waals surface area contributed by atoms with Crippen LogP contribution in [0.5, 0.6) is 0 Å². The molecule has 2 rings (SSSR count). The first-order valence-corrected chi connectivity index (χ1v) is 5.96. The van der Waals surface area contributed by atoms with Crippen LogP contribution in [0.1, 0.15) is 43.9 Å². The summed E-state index contributed by atoms with van der Waals surface area (Å²) >= 11 is 0. The lowest BCUT2D eigenvalue weighted by Crippen LogP contribution is -2.32. The summed E-state index contributed by atoms with van der Waals surface area (Å²) < 4.78 is 5.38. The first-order chi connectivity index (χ1) is 7.85. The van der Waals surface area contributed by atoms with Gasteiger partial charge in [-0.25, -0.2) is 5.84 Å². The highest BCUT2D eigenvalue weighted by atomic mass is 16.3. The van der Waals surface area contributed by atoms with Gasteiger partial charge >= 0.3 is 0 Å². The highest BCUT2D eigenvalue weighted by molar-refractivity contribution is 5.99. The normalized spacial score (nSPS) is 18.0. The number of hydrogen-bond donors (Lipinski definition) is 2. The van der Waals surface area contributed by atoms with Crippen molar-refractivity contribution in [2.75, 3.05) is 0 Å². The quantitative estimate of drug-likeness (QED) is 0.355. The number of amidine groups is 1. The fraction of sp³-hybridized carbons (Fsp3) is 0.583. The minimum Gasteiger partial charge on any atom is -0.469 e. The predicted octanol–water partition coefficient (Wildman–Crippen LogP) is 1.99. The summed E-state index contributed by atoms with van der Waals surface area (Å²) in [5.74, 6) is 7.24. The van der Waals surface area contributed by atoms with E-state index in [1.165, 1.54) is 25.7 Å². The van der Waals surface area contributed by atoms with Crippen molar-refractivity contribution in [3.63, 3.8) is 0 Å². The Morgan fingerprint density at radius 3 is 2.94 bits per heavy atom. The molecule has 16 heavy (non-hydrogen) atoms. The van der Waals surface area contributed by atoms with E-state index in [4.69, 9.17) is 10.3 Å². The van der Waals surface area contributed by atoms with Gasteiger partial charge in [-0.3, -0.25) is 4.99 Å². The Bertz CT molecular complexity index is 364. The molecule has 1 aromatic heterocycles. The molecule has 0 saturated heterocycles. The van der Waals surface area contributed by atoms with Gasteiger partial charge in [-0.15, -0.1) is 0 Å². The van der Waals surface area contributed by atoms with E-state index < -0.39 is 0 Å². The zero-order valence-corrected chi connectivity index (χ0v) is 9.70. The molecule has 1 aromatic rings. The molecule has 3 N–H and O–H groups in total. The highest BCUT2D eigenvalue weighted by Gasteiger charge is 2.17. The van der Waals surface area contributed by atoms with Gasteiger partial charge < -0.3 is 9.84 Å². The Balaban J connectivity index is 2.21. The van der Waals surface area contributed by atoms with Gasteiger partial charge in [0.2, 0.25) is 0 Å². The van der Waals surface area contributed by atoms with Crippen LogP contribution in [0.2, 0.25) is 0 Å². The van der Waals surface area contributed by atoms with Gasteiger partial charge in [0.05, 0.1) is 17.9 Å². The van der Waals surface area contributed by atoms with Crippen LogP contribution < -0.4 is 11.3 Å². The lowest BCUT2D eigenvalue weighted by Gasteiger charge is -2.09. The van der Waals surface area contributed by atoms with Gasteiger partial charge in [0.1, 0.15) is 11.6 Å². The Morgan fingerprint density at radius 1 is 1.56 bits per heavy atom. The van der Waals surface area contributed by atoms with Crippen LogP contribution in [0.15, 0.2) is 21.7 Å². The molecule has 0 spiro atoms. The average molecular weight is 221 g/mol. The molecule has 1 heterocycles. The minimum atomic E-state index is 0.422. The summed E-state index contributed by atoms with van der Waals surface area (Å²) in [5.41, 5.74) is 3.69. The SMILES string of the molecule is CCc1occc1C(=NC1CCCC1)NN. The van der Waals surface area contributed by atoms with Crippen molar-refractivity contribution in [3.05, 3.63) is 23.7 Å². The van der Waals surface area contributed by atoms with E-state index >= 15 is 0 Å². The Kier molecular flexibility index (Phi) is 3.62. The van der Waals surface area contributed by atoms with E-state index in [-0.39, 0.29) is 0 Å². The molecule has 0 atom stereocenters. The maximum absolute atomic E-state index is 5.54. The fourth-order valence-electron chi connectivity index (χ4n) is 2.23. The molecule has 0 aliphatic heterocycles. The summed E-state index contributed by atoms with van der Waals surface area (Å²) in [6.07, 6.45) is 7.44. The molecule has 1 aliphatic rings. The van der Waals surface area contributed by atoms with E-state index in [1.54, 1.807) is 6.26 Å². The molecule has 0 aromatic carbocycles. The van der Waals surface area contributed by atoms with Crippen molar-refractivity contribution < 1.29 is 4.42 Å². The standard InChI is InChI=1S/C12H19N3O/c1-2-11-10(7-8-16-11)12(15-13)14-9-5-3-4-6-9/h7-9H,2-6,13H2,1H3,(H,14,15). The van der Waals surface area contributed by atoms with Crippen molar-refractivity contribution in [3.8, 4) is 0 Å². The molecule has 0 bridgehead atoms. The lowest BCUT2D eigenvalue weighted by molar-refractivity contribution is 0.515. The fourth-order valence-corrected chi connectivity index (χ4v) is 2.23. The lowest BCUT2D eigenvalue weighted by atomic mass is 10.2. The number of nitrogens with zero attached hydrogens (tertiary/aromatic N) is 1. The topological polar surface area (TPSA) is 63.5 Å². The van der Waals surface area contributed by atoms with Crippen LogP contribution in [0, 0.1) is 0 Å². The molecule has 4 heteroatoms. The first-order valence-electron chi connectivity index (χ1n) is 5.96. The van der Waals surface area contributed by atoms with E-state index in [0.717, 1.165) is 23.6 Å². The van der Waals surface area contributed by atoms with Crippen LogP contribution in [0.25, 0.3) is 0 Å². The summed E-state index contributed by atoms with van der Waals surface area (Å²) in [4.78, 5) is 4.67. The maximum Gasteiger partial charge on any atom is 0.146 e. The number of nitrogens with two attached hydrogens (primary N) is 1. The molecular weight excluding hydrogens is 202 g/mol.